The number of aliphatic carboxylic acids is 1. The number of hydrogen-bond acceptors (Lipinski definition) is 7. The molecule has 38 heavy (non-hydrogen) atoms. The van der Waals surface area contributed by atoms with Crippen LogP contribution in [0.25, 0.3) is 0 Å². The van der Waals surface area contributed by atoms with Crippen molar-refractivity contribution in [1.29, 1.82) is 0 Å². The van der Waals surface area contributed by atoms with Crippen molar-refractivity contribution in [1.82, 2.24) is 20.9 Å². The molecule has 14 heteroatoms. The van der Waals surface area contributed by atoms with E-state index in [1.165, 1.54) is 4.90 Å². The third kappa shape index (κ3) is 10.9. The molecule has 1 saturated heterocycles. The molecule has 1 rings (SSSR count). The number of likely N-dealkylation sites (tertiary alicyclic amines) is 1. The summed E-state index contributed by atoms with van der Waals surface area (Å²) in [5.41, 5.74) is 16.4. The fraction of sp³-hybridized carbons (Fsp3) is 0.750. The van der Waals surface area contributed by atoms with E-state index < -0.39 is 60.3 Å². The lowest BCUT2D eigenvalue weighted by Gasteiger charge is -2.28. The van der Waals surface area contributed by atoms with Gasteiger partial charge in [-0.1, -0.05) is 27.7 Å². The Bertz CT molecular complexity index is 874. The van der Waals surface area contributed by atoms with Crippen molar-refractivity contribution >= 4 is 35.6 Å². The molecule has 14 nitrogen and oxygen atoms in total. The minimum absolute atomic E-state index is 0.0499. The lowest BCUT2D eigenvalue weighted by molar-refractivity contribution is -0.149. The standard InChI is InChI=1S/C24H44N8O6/c1-13(2)11-16(22(36)32-10-6-8-17(32)23(37)38)30-18(33)12-29-21(35)19(14(3)4)31-20(34)15(25)7-5-9-28-24(26)27/h13-17,19H,5-12,25H2,1-4H3,(H,29,35)(H,30,33)(H,31,34)(H,37,38)(H4,26,27,28)/t15-,16-,17-,19-/m0/s1. The number of rotatable bonds is 15. The third-order valence-electron chi connectivity index (χ3n) is 6.14. The van der Waals surface area contributed by atoms with Crippen molar-refractivity contribution in [3.63, 3.8) is 0 Å². The van der Waals surface area contributed by atoms with Crippen LogP contribution in [0.2, 0.25) is 0 Å². The minimum atomic E-state index is -1.08. The Hall–Kier alpha value is -3.42. The SMILES string of the molecule is CC(C)C[C@H](NC(=O)CNC(=O)[C@@H](NC(=O)[C@@H](N)CCCN=C(N)N)C(C)C)C(=O)N1CCC[C@H]1C(=O)O. The minimum Gasteiger partial charge on any atom is -0.480 e. The molecule has 1 heterocycles. The van der Waals surface area contributed by atoms with E-state index in [9.17, 15) is 29.1 Å². The molecule has 0 saturated carbocycles. The van der Waals surface area contributed by atoms with Crippen LogP contribution in [0.3, 0.4) is 0 Å². The summed E-state index contributed by atoms with van der Waals surface area (Å²) in [5.74, 6) is -3.53. The van der Waals surface area contributed by atoms with Crippen molar-refractivity contribution in [2.24, 2.45) is 34.0 Å². The zero-order chi connectivity index (χ0) is 29.0. The molecule has 4 atom stereocenters. The highest BCUT2D eigenvalue weighted by Gasteiger charge is 2.38. The summed E-state index contributed by atoms with van der Waals surface area (Å²) in [6.07, 6.45) is 2.03. The molecule has 0 radical (unpaired) electrons. The topological polar surface area (TPSA) is 235 Å². The quantitative estimate of drug-likeness (QED) is 0.0706. The van der Waals surface area contributed by atoms with Gasteiger partial charge in [0.25, 0.3) is 0 Å². The maximum Gasteiger partial charge on any atom is 0.326 e. The lowest BCUT2D eigenvalue weighted by Crippen LogP contribution is -2.56. The van der Waals surface area contributed by atoms with E-state index in [1.807, 2.05) is 13.8 Å². The Morgan fingerprint density at radius 3 is 2.26 bits per heavy atom. The zero-order valence-electron chi connectivity index (χ0n) is 22.7. The van der Waals surface area contributed by atoms with E-state index >= 15 is 0 Å². The average molecular weight is 541 g/mol. The number of amides is 4. The highest BCUT2D eigenvalue weighted by atomic mass is 16.4. The number of carbonyl (C=O) groups excluding carboxylic acids is 4. The van der Waals surface area contributed by atoms with Gasteiger partial charge in [-0.15, -0.1) is 0 Å². The summed E-state index contributed by atoms with van der Waals surface area (Å²) < 4.78 is 0. The summed E-state index contributed by atoms with van der Waals surface area (Å²) in [4.78, 5) is 67.6. The third-order valence-corrected chi connectivity index (χ3v) is 6.14. The van der Waals surface area contributed by atoms with Crippen molar-refractivity contribution in [3.8, 4) is 0 Å². The summed E-state index contributed by atoms with van der Waals surface area (Å²) in [6.45, 7) is 7.45. The highest BCUT2D eigenvalue weighted by Crippen LogP contribution is 2.20. The fourth-order valence-corrected chi connectivity index (χ4v) is 4.15. The molecule has 1 aliphatic heterocycles. The lowest BCUT2D eigenvalue weighted by atomic mass is 10.0. The fourth-order valence-electron chi connectivity index (χ4n) is 4.15. The first-order chi connectivity index (χ1) is 17.7. The summed E-state index contributed by atoms with van der Waals surface area (Å²) >= 11 is 0. The second-order valence-electron chi connectivity index (χ2n) is 10.3. The second-order valence-corrected chi connectivity index (χ2v) is 10.3. The summed E-state index contributed by atoms with van der Waals surface area (Å²) in [6, 6.07) is -3.64. The molecular formula is C24H44N8O6. The van der Waals surface area contributed by atoms with Gasteiger partial charge in [-0.2, -0.15) is 0 Å². The summed E-state index contributed by atoms with van der Waals surface area (Å²) in [7, 11) is 0. The Balaban J connectivity index is 2.70. The van der Waals surface area contributed by atoms with Crippen LogP contribution in [0, 0.1) is 11.8 Å². The number of nitrogens with one attached hydrogen (secondary N) is 3. The van der Waals surface area contributed by atoms with Crippen LogP contribution in [-0.2, 0) is 24.0 Å². The van der Waals surface area contributed by atoms with E-state index in [1.54, 1.807) is 13.8 Å². The monoisotopic (exact) mass is 540 g/mol. The van der Waals surface area contributed by atoms with Gasteiger partial charge in [0.1, 0.15) is 18.1 Å². The molecule has 1 fully saturated rings. The molecule has 0 spiro atoms. The first kappa shape index (κ1) is 32.6. The molecule has 0 aromatic rings. The zero-order valence-corrected chi connectivity index (χ0v) is 22.7. The Morgan fingerprint density at radius 2 is 1.71 bits per heavy atom. The molecule has 0 aliphatic carbocycles. The van der Waals surface area contributed by atoms with Crippen LogP contribution in [0.5, 0.6) is 0 Å². The van der Waals surface area contributed by atoms with Crippen LogP contribution in [0.1, 0.15) is 59.8 Å². The maximum atomic E-state index is 13.1. The van der Waals surface area contributed by atoms with Gasteiger partial charge in [-0.05, 0) is 43.9 Å². The smallest absolute Gasteiger partial charge is 0.326 e. The predicted octanol–water partition coefficient (Wildman–Crippen LogP) is -1.77. The van der Waals surface area contributed by atoms with E-state index in [4.69, 9.17) is 17.2 Å². The molecule has 0 aromatic heterocycles. The van der Waals surface area contributed by atoms with Gasteiger partial charge in [0, 0.05) is 13.1 Å². The number of carboxylic acid groups (broad SMARTS) is 1. The molecular weight excluding hydrogens is 496 g/mol. The van der Waals surface area contributed by atoms with E-state index in [-0.39, 0.29) is 17.8 Å². The molecule has 0 unspecified atom stereocenters. The second kappa shape index (κ2) is 15.7. The van der Waals surface area contributed by atoms with Crippen molar-refractivity contribution in [3.05, 3.63) is 0 Å². The molecule has 4 amide bonds. The molecule has 0 bridgehead atoms. The van der Waals surface area contributed by atoms with Gasteiger partial charge in [-0.25, -0.2) is 4.79 Å². The average Bonchev–Trinajstić information content (AvgIpc) is 3.32. The maximum absolute atomic E-state index is 13.1. The normalized spacial score (nSPS) is 17.4. The van der Waals surface area contributed by atoms with Crippen LogP contribution in [-0.4, -0.2) is 89.4 Å². The Labute approximate surface area is 223 Å². The number of carbonyl (C=O) groups is 5. The van der Waals surface area contributed by atoms with Crippen LogP contribution in [0.15, 0.2) is 4.99 Å². The van der Waals surface area contributed by atoms with Crippen LogP contribution in [0.4, 0.5) is 0 Å². The molecule has 216 valence electrons. The first-order valence-corrected chi connectivity index (χ1v) is 13.0. The first-order valence-electron chi connectivity index (χ1n) is 13.0. The van der Waals surface area contributed by atoms with Gasteiger partial charge >= 0.3 is 5.97 Å². The van der Waals surface area contributed by atoms with Gasteiger partial charge in [0.2, 0.25) is 23.6 Å². The van der Waals surface area contributed by atoms with Gasteiger partial charge in [0.15, 0.2) is 5.96 Å². The van der Waals surface area contributed by atoms with Crippen molar-refractivity contribution < 1.29 is 29.1 Å². The number of nitrogens with zero attached hydrogens (tertiary/aromatic N) is 2. The molecule has 10 N–H and O–H groups in total. The van der Waals surface area contributed by atoms with Crippen LogP contribution < -0.4 is 33.2 Å². The number of nitrogens with two attached hydrogens (primary N) is 3. The highest BCUT2D eigenvalue weighted by molar-refractivity contribution is 5.94. The van der Waals surface area contributed by atoms with E-state index in [2.05, 4.69) is 20.9 Å². The molecule has 1 aliphatic rings. The number of carboxylic acids is 1. The Kier molecular flexibility index (Phi) is 13.5. The van der Waals surface area contributed by atoms with E-state index in [0.29, 0.717) is 45.2 Å². The molecule has 0 aromatic carbocycles. The van der Waals surface area contributed by atoms with Gasteiger partial charge < -0.3 is 43.2 Å². The number of hydrogen-bond donors (Lipinski definition) is 7. The van der Waals surface area contributed by atoms with Crippen molar-refractivity contribution in [2.75, 3.05) is 19.6 Å². The van der Waals surface area contributed by atoms with Gasteiger partial charge in [0.05, 0.1) is 12.6 Å². The largest absolute Gasteiger partial charge is 0.480 e. The van der Waals surface area contributed by atoms with Crippen molar-refractivity contribution in [2.45, 2.75) is 84.0 Å². The van der Waals surface area contributed by atoms with Crippen LogP contribution >= 0.6 is 0 Å². The van der Waals surface area contributed by atoms with Gasteiger partial charge in [-0.3, -0.25) is 24.2 Å². The van der Waals surface area contributed by atoms with E-state index in [0.717, 1.165) is 0 Å². The predicted molar refractivity (Wildman–Crippen MR) is 141 cm³/mol. The summed E-state index contributed by atoms with van der Waals surface area (Å²) in [5, 5.41) is 17.2. The number of guanidine groups is 1. The number of aliphatic imine (C=N–C) groups is 1. The Morgan fingerprint density at radius 1 is 1.05 bits per heavy atom.